The average molecular weight is 578 g/mol. The third-order valence-corrected chi connectivity index (χ3v) is 9.87. The van der Waals surface area contributed by atoms with Crippen molar-refractivity contribution < 1.29 is 4.55 Å². The molecule has 37 heavy (non-hydrogen) atoms. The van der Waals surface area contributed by atoms with Gasteiger partial charge in [0.15, 0.2) is 4.90 Å². The Labute approximate surface area is 236 Å². The molecule has 4 rings (SSSR count). The second-order valence-electron chi connectivity index (χ2n) is 10.3. The second kappa shape index (κ2) is 12.8. The van der Waals surface area contributed by atoms with Gasteiger partial charge in [0.2, 0.25) is 0 Å². The molecule has 0 saturated heterocycles. The number of rotatable bonds is 13. The Balaban J connectivity index is 2.02. The molecule has 0 heterocycles. The highest BCUT2D eigenvalue weighted by Crippen LogP contribution is 2.57. The maximum Gasteiger partial charge on any atom is 0.161 e. The molecule has 0 fully saturated rings. The normalized spacial score (nSPS) is 14.3. The van der Waals surface area contributed by atoms with Crippen molar-refractivity contribution >= 4 is 27.1 Å². The van der Waals surface area contributed by atoms with Gasteiger partial charge >= 0.3 is 0 Å². The highest BCUT2D eigenvalue weighted by molar-refractivity contribution is 9.10. The molecule has 1 unspecified atom stereocenters. The van der Waals surface area contributed by atoms with Crippen molar-refractivity contribution in [2.45, 2.75) is 88.9 Å². The minimum Gasteiger partial charge on any atom is -0.611 e. The van der Waals surface area contributed by atoms with Gasteiger partial charge in [-0.3, -0.25) is 0 Å². The highest BCUT2D eigenvalue weighted by atomic mass is 79.9. The lowest BCUT2D eigenvalue weighted by atomic mass is 9.68. The second-order valence-corrected chi connectivity index (χ2v) is 12.9. The molecule has 3 aromatic carbocycles. The van der Waals surface area contributed by atoms with Gasteiger partial charge in [-0.2, -0.15) is 0 Å². The molecule has 3 heteroatoms. The summed E-state index contributed by atoms with van der Waals surface area (Å²) in [7, 11) is 0. The molecular weight excluding hydrogens is 536 g/mol. The zero-order valence-corrected chi connectivity index (χ0v) is 25.1. The van der Waals surface area contributed by atoms with Crippen LogP contribution >= 0.6 is 15.9 Å². The molecule has 0 saturated carbocycles. The predicted octanol–water partition coefficient (Wildman–Crippen LogP) is 10.4. The largest absolute Gasteiger partial charge is 0.611 e. The number of hydrogen-bond donors (Lipinski definition) is 0. The van der Waals surface area contributed by atoms with Crippen LogP contribution in [0, 0.1) is 0 Å². The van der Waals surface area contributed by atoms with Gasteiger partial charge in [-0.1, -0.05) is 111 Å². The molecular formula is C34H41BrOS. The molecule has 0 aliphatic heterocycles. The van der Waals surface area contributed by atoms with Gasteiger partial charge in [0.25, 0.3) is 0 Å². The van der Waals surface area contributed by atoms with Crippen molar-refractivity contribution in [2.24, 2.45) is 0 Å². The van der Waals surface area contributed by atoms with Crippen molar-refractivity contribution in [3.8, 4) is 22.3 Å². The Morgan fingerprint density at radius 1 is 0.838 bits per heavy atom. The van der Waals surface area contributed by atoms with E-state index in [0.29, 0.717) is 5.75 Å². The third-order valence-electron chi connectivity index (χ3n) is 8.03. The lowest BCUT2D eigenvalue weighted by molar-refractivity contribution is 0.403. The fraction of sp³-hybridized carbons (Fsp3) is 0.412. The van der Waals surface area contributed by atoms with E-state index < -0.39 is 11.2 Å². The zero-order chi connectivity index (χ0) is 26.4. The molecule has 0 spiro atoms. The molecule has 1 aliphatic rings. The van der Waals surface area contributed by atoms with Crippen LogP contribution in [0.25, 0.3) is 22.3 Å². The summed E-state index contributed by atoms with van der Waals surface area (Å²) in [6.45, 7) is 10.8. The summed E-state index contributed by atoms with van der Waals surface area (Å²) >= 11 is 2.57. The molecule has 0 amide bonds. The summed E-state index contributed by atoms with van der Waals surface area (Å²) in [6, 6.07) is 20.0. The molecule has 1 aliphatic carbocycles. The minimum atomic E-state index is -1.05. The van der Waals surface area contributed by atoms with Crippen molar-refractivity contribution in [1.82, 2.24) is 0 Å². The van der Waals surface area contributed by atoms with Crippen molar-refractivity contribution in [3.05, 3.63) is 88.4 Å². The first-order chi connectivity index (χ1) is 18.0. The first kappa shape index (κ1) is 28.2. The number of halogens is 1. The van der Waals surface area contributed by atoms with E-state index in [2.05, 4.69) is 91.0 Å². The Hall–Kier alpha value is -1.81. The van der Waals surface area contributed by atoms with Gasteiger partial charge in [0.05, 0.1) is 0 Å². The number of hydrogen-bond acceptors (Lipinski definition) is 1. The molecule has 3 aromatic rings. The van der Waals surface area contributed by atoms with Crippen LogP contribution < -0.4 is 0 Å². The first-order valence-corrected chi connectivity index (χ1v) is 16.2. The van der Waals surface area contributed by atoms with Gasteiger partial charge in [0, 0.05) is 21.5 Å². The Morgan fingerprint density at radius 3 is 2.14 bits per heavy atom. The Kier molecular flexibility index (Phi) is 9.78. The maximum atomic E-state index is 13.2. The van der Waals surface area contributed by atoms with E-state index in [-0.39, 0.29) is 5.41 Å². The minimum absolute atomic E-state index is 0.0179. The molecule has 0 aromatic heterocycles. The van der Waals surface area contributed by atoms with E-state index in [1.165, 1.54) is 84.7 Å². The van der Waals surface area contributed by atoms with Crippen LogP contribution in [0.2, 0.25) is 0 Å². The molecule has 0 bridgehead atoms. The topological polar surface area (TPSA) is 23.1 Å². The van der Waals surface area contributed by atoms with Crippen molar-refractivity contribution in [2.75, 3.05) is 5.75 Å². The van der Waals surface area contributed by atoms with Gasteiger partial charge in [0.1, 0.15) is 5.75 Å². The van der Waals surface area contributed by atoms with Crippen molar-refractivity contribution in [1.29, 1.82) is 0 Å². The van der Waals surface area contributed by atoms with E-state index in [1.807, 2.05) is 13.0 Å². The van der Waals surface area contributed by atoms with Crippen LogP contribution in [0.5, 0.6) is 0 Å². The monoisotopic (exact) mass is 576 g/mol. The molecule has 1 nitrogen and oxygen atoms in total. The van der Waals surface area contributed by atoms with Crippen LogP contribution in [0.4, 0.5) is 0 Å². The smallest absolute Gasteiger partial charge is 0.161 e. The standard InChI is InChI=1S/C34H41BrOS/c1-5-9-13-22-34(23-14-10-6-2)31-17-12-11-16-27(31)30-21-20-26(29(15-7-3)33(30)34)28-19-18-25(35)24-32(28)37(36)8-4/h7,11-12,16-21,24H,3,5-6,8-10,13-15,22-23H2,1-2,4H3. The van der Waals surface area contributed by atoms with Crippen LogP contribution in [-0.4, -0.2) is 10.3 Å². The molecule has 1 atom stereocenters. The maximum absolute atomic E-state index is 13.2. The summed E-state index contributed by atoms with van der Waals surface area (Å²) in [5, 5.41) is 0. The summed E-state index contributed by atoms with van der Waals surface area (Å²) in [4.78, 5) is 0.917. The highest BCUT2D eigenvalue weighted by Gasteiger charge is 2.44. The third kappa shape index (κ3) is 5.51. The fourth-order valence-corrected chi connectivity index (χ4v) is 7.86. The summed E-state index contributed by atoms with van der Waals surface area (Å²) in [5.74, 6) is 0.606. The fourth-order valence-electron chi connectivity index (χ4n) is 6.36. The van der Waals surface area contributed by atoms with Crippen LogP contribution in [0.15, 0.2) is 76.6 Å². The molecule has 0 N–H and O–H groups in total. The van der Waals surface area contributed by atoms with E-state index in [4.69, 9.17) is 0 Å². The predicted molar refractivity (Wildman–Crippen MR) is 165 cm³/mol. The lowest BCUT2D eigenvalue weighted by Crippen LogP contribution is -2.27. The Bertz CT molecular complexity index is 1220. The molecule has 196 valence electrons. The van der Waals surface area contributed by atoms with Crippen LogP contribution in [0.1, 0.15) is 88.8 Å². The average Bonchev–Trinajstić information content (AvgIpc) is 3.19. The Morgan fingerprint density at radius 2 is 1.49 bits per heavy atom. The first-order valence-electron chi connectivity index (χ1n) is 14.1. The van der Waals surface area contributed by atoms with Crippen molar-refractivity contribution in [3.63, 3.8) is 0 Å². The van der Waals surface area contributed by atoms with Gasteiger partial charge < -0.3 is 4.55 Å². The lowest BCUT2D eigenvalue weighted by Gasteiger charge is -2.35. The summed E-state index contributed by atoms with van der Waals surface area (Å²) in [5.41, 5.74) is 9.50. The van der Waals surface area contributed by atoms with E-state index in [9.17, 15) is 4.55 Å². The molecule has 0 radical (unpaired) electrons. The quantitative estimate of drug-likeness (QED) is 0.113. The van der Waals surface area contributed by atoms with Crippen LogP contribution in [0.3, 0.4) is 0 Å². The summed E-state index contributed by atoms with van der Waals surface area (Å²) in [6.07, 6.45) is 12.7. The van der Waals surface area contributed by atoms with Gasteiger partial charge in [-0.15, -0.1) is 6.58 Å². The van der Waals surface area contributed by atoms with E-state index in [0.717, 1.165) is 21.4 Å². The SMILES string of the molecule is C=CCc1c(-c2ccc(Br)cc2[S+]([O-])CC)ccc2c1C(CCCCC)(CCCCC)c1ccccc1-2. The van der Waals surface area contributed by atoms with Crippen LogP contribution in [-0.2, 0) is 23.0 Å². The number of allylic oxidation sites excluding steroid dienone is 1. The number of benzene rings is 3. The number of fused-ring (bicyclic) bond motifs is 3. The zero-order valence-electron chi connectivity index (χ0n) is 22.7. The van der Waals surface area contributed by atoms with E-state index in [1.54, 1.807) is 0 Å². The van der Waals surface area contributed by atoms with E-state index >= 15 is 0 Å². The summed E-state index contributed by atoms with van der Waals surface area (Å²) < 4.78 is 14.2. The number of unbranched alkanes of at least 4 members (excludes halogenated alkanes) is 4. The van der Waals surface area contributed by atoms with Gasteiger partial charge in [-0.05, 0) is 82.9 Å². The van der Waals surface area contributed by atoms with Gasteiger partial charge in [-0.25, -0.2) is 0 Å².